The predicted molar refractivity (Wildman–Crippen MR) is 156 cm³/mol. The quantitative estimate of drug-likeness (QED) is 0.158. The molecule has 0 amide bonds. The highest BCUT2D eigenvalue weighted by Crippen LogP contribution is 2.37. The minimum atomic E-state index is -1.01. The van der Waals surface area contributed by atoms with E-state index in [1.807, 2.05) is 51.1 Å². The summed E-state index contributed by atoms with van der Waals surface area (Å²) < 4.78 is 12.9. The second kappa shape index (κ2) is 11.3. The van der Waals surface area contributed by atoms with Gasteiger partial charge in [0.15, 0.2) is 5.78 Å². The highest BCUT2D eigenvalue weighted by molar-refractivity contribution is 6.30. The summed E-state index contributed by atoms with van der Waals surface area (Å²) in [5.74, 6) is -0.306. The zero-order chi connectivity index (χ0) is 29.2. The molecule has 0 saturated heterocycles. The fourth-order valence-electron chi connectivity index (χ4n) is 4.69. The van der Waals surface area contributed by atoms with Crippen LogP contribution >= 0.6 is 11.6 Å². The molecular weight excluding hydrogens is 526 g/mol. The van der Waals surface area contributed by atoms with Crippen LogP contribution in [0, 0.1) is 10.8 Å². The lowest BCUT2D eigenvalue weighted by atomic mass is 9.79. The third-order valence-electron chi connectivity index (χ3n) is 6.85. The van der Waals surface area contributed by atoms with E-state index in [0.29, 0.717) is 45.3 Å². The minimum Gasteiger partial charge on any atom is -0.489 e. The maximum absolute atomic E-state index is 14.1. The van der Waals surface area contributed by atoms with E-state index in [1.54, 1.807) is 60.8 Å². The average molecular weight is 560 g/mol. The van der Waals surface area contributed by atoms with E-state index in [9.17, 15) is 14.4 Å². The van der Waals surface area contributed by atoms with Crippen molar-refractivity contribution in [1.82, 2.24) is 4.40 Å². The smallest absolute Gasteiger partial charge is 0.311 e. The standard InChI is InChI=1S/C33H34ClNO5/c1-32(2,3)30(37)27-25(19-33(4,5)31(38)39-6)28(29(36)22-12-14-23(34)15-13-22)35-17-16-24(18-26(27)35)40-20-21-10-8-7-9-11-21/h7-18H,19-20H2,1-6H3. The summed E-state index contributed by atoms with van der Waals surface area (Å²) in [6.45, 7) is 9.35. The molecule has 7 heteroatoms. The summed E-state index contributed by atoms with van der Waals surface area (Å²) in [5.41, 5.74) is 1.40. The molecule has 2 aromatic heterocycles. The molecule has 0 saturated carbocycles. The monoisotopic (exact) mass is 559 g/mol. The number of ketones is 2. The van der Waals surface area contributed by atoms with E-state index >= 15 is 0 Å². The molecule has 4 aromatic rings. The molecule has 0 unspecified atom stereocenters. The van der Waals surface area contributed by atoms with E-state index < -0.39 is 16.8 Å². The Balaban J connectivity index is 1.97. The van der Waals surface area contributed by atoms with Gasteiger partial charge in [-0.2, -0.15) is 0 Å². The van der Waals surface area contributed by atoms with Crippen LogP contribution in [0.15, 0.2) is 72.9 Å². The number of halogens is 1. The molecule has 2 aromatic carbocycles. The van der Waals surface area contributed by atoms with Gasteiger partial charge in [-0.15, -0.1) is 0 Å². The number of aromatic nitrogens is 1. The predicted octanol–water partition coefficient (Wildman–Crippen LogP) is 7.37. The fraction of sp³-hybridized carbons (Fsp3) is 0.303. The normalized spacial score (nSPS) is 11.9. The molecule has 0 aliphatic carbocycles. The molecule has 6 nitrogen and oxygen atoms in total. The van der Waals surface area contributed by atoms with Gasteiger partial charge in [-0.05, 0) is 61.7 Å². The van der Waals surface area contributed by atoms with Crippen molar-refractivity contribution in [2.75, 3.05) is 7.11 Å². The summed E-state index contributed by atoms with van der Waals surface area (Å²) >= 11 is 6.09. The number of fused-ring (bicyclic) bond motifs is 1. The molecule has 0 N–H and O–H groups in total. The van der Waals surface area contributed by atoms with Crippen LogP contribution in [0.25, 0.3) is 5.52 Å². The molecule has 0 bridgehead atoms. The lowest BCUT2D eigenvalue weighted by Gasteiger charge is -2.24. The number of ether oxygens (including phenoxy) is 2. The SMILES string of the molecule is COC(=O)C(C)(C)Cc1c(C(=O)C(C)(C)C)c2cc(OCc3ccccc3)ccn2c1C(=O)c1ccc(Cl)cc1. The number of methoxy groups -OCH3 is 1. The molecule has 208 valence electrons. The zero-order valence-electron chi connectivity index (χ0n) is 23.7. The molecule has 0 aliphatic heterocycles. The summed E-state index contributed by atoms with van der Waals surface area (Å²) in [7, 11) is 1.33. The molecule has 0 radical (unpaired) electrons. The van der Waals surface area contributed by atoms with Crippen LogP contribution in [-0.4, -0.2) is 29.0 Å². The summed E-state index contributed by atoms with van der Waals surface area (Å²) in [6, 6.07) is 19.9. The van der Waals surface area contributed by atoms with Crippen molar-refractivity contribution in [1.29, 1.82) is 0 Å². The number of hydrogen-bond donors (Lipinski definition) is 0. The van der Waals surface area contributed by atoms with E-state index in [4.69, 9.17) is 21.1 Å². The van der Waals surface area contributed by atoms with Crippen LogP contribution in [0.5, 0.6) is 5.75 Å². The van der Waals surface area contributed by atoms with Crippen LogP contribution in [0.1, 0.15) is 72.2 Å². The van der Waals surface area contributed by atoms with Gasteiger partial charge in [0, 0.05) is 33.8 Å². The first-order valence-electron chi connectivity index (χ1n) is 13.1. The fourth-order valence-corrected chi connectivity index (χ4v) is 4.82. The molecule has 0 aliphatic rings. The zero-order valence-corrected chi connectivity index (χ0v) is 24.5. The molecule has 0 spiro atoms. The largest absolute Gasteiger partial charge is 0.489 e. The molecule has 0 fully saturated rings. The van der Waals surface area contributed by atoms with E-state index in [1.165, 1.54) is 7.11 Å². The Bertz CT molecular complexity index is 1560. The molecule has 4 rings (SSSR count). The maximum atomic E-state index is 14.1. The first kappa shape index (κ1) is 29.1. The van der Waals surface area contributed by atoms with Gasteiger partial charge >= 0.3 is 5.97 Å². The minimum absolute atomic E-state index is 0.118. The third-order valence-corrected chi connectivity index (χ3v) is 7.10. The Morgan fingerprint density at radius 1 is 0.900 bits per heavy atom. The van der Waals surface area contributed by atoms with Gasteiger partial charge in [-0.25, -0.2) is 0 Å². The number of esters is 1. The number of carbonyl (C=O) groups is 3. The second-order valence-electron chi connectivity index (χ2n) is 11.6. The Kier molecular flexibility index (Phi) is 8.22. The van der Waals surface area contributed by atoms with Gasteiger partial charge in [0.1, 0.15) is 12.4 Å². The van der Waals surface area contributed by atoms with Crippen LogP contribution in [-0.2, 0) is 22.6 Å². The lowest BCUT2D eigenvalue weighted by Crippen LogP contribution is -2.30. The van der Waals surface area contributed by atoms with Crippen molar-refractivity contribution >= 4 is 34.7 Å². The van der Waals surface area contributed by atoms with Gasteiger partial charge in [-0.1, -0.05) is 62.7 Å². The van der Waals surface area contributed by atoms with Crippen LogP contribution < -0.4 is 4.74 Å². The Morgan fingerprint density at radius 2 is 1.55 bits per heavy atom. The van der Waals surface area contributed by atoms with Crippen molar-refractivity contribution in [3.05, 3.63) is 106 Å². The van der Waals surface area contributed by atoms with E-state index in [-0.39, 0.29) is 18.0 Å². The van der Waals surface area contributed by atoms with Crippen molar-refractivity contribution in [3.63, 3.8) is 0 Å². The van der Waals surface area contributed by atoms with Gasteiger partial charge < -0.3 is 13.9 Å². The second-order valence-corrected chi connectivity index (χ2v) is 12.0. The first-order chi connectivity index (χ1) is 18.8. The number of carbonyl (C=O) groups excluding carboxylic acids is 3. The topological polar surface area (TPSA) is 74.1 Å². The Morgan fingerprint density at radius 3 is 2.15 bits per heavy atom. The van der Waals surface area contributed by atoms with Crippen molar-refractivity contribution < 1.29 is 23.9 Å². The molecule has 2 heterocycles. The highest BCUT2D eigenvalue weighted by atomic mass is 35.5. The van der Waals surface area contributed by atoms with E-state index in [0.717, 1.165) is 5.56 Å². The van der Waals surface area contributed by atoms with Gasteiger partial charge in [0.05, 0.1) is 23.7 Å². The number of nitrogens with zero attached hydrogens (tertiary/aromatic N) is 1. The third kappa shape index (κ3) is 5.97. The van der Waals surface area contributed by atoms with Gasteiger partial charge in [-0.3, -0.25) is 14.4 Å². The summed E-state index contributed by atoms with van der Waals surface area (Å²) in [5, 5.41) is 0.507. The highest BCUT2D eigenvalue weighted by Gasteiger charge is 2.38. The van der Waals surface area contributed by atoms with Crippen molar-refractivity contribution in [2.45, 2.75) is 47.6 Å². The van der Waals surface area contributed by atoms with Crippen LogP contribution in [0.3, 0.4) is 0 Å². The van der Waals surface area contributed by atoms with Gasteiger partial charge in [0.2, 0.25) is 5.78 Å². The van der Waals surface area contributed by atoms with Gasteiger partial charge in [0.25, 0.3) is 0 Å². The number of rotatable bonds is 9. The molecule has 40 heavy (non-hydrogen) atoms. The van der Waals surface area contributed by atoms with Crippen molar-refractivity contribution in [2.24, 2.45) is 10.8 Å². The van der Waals surface area contributed by atoms with Crippen LogP contribution in [0.2, 0.25) is 5.02 Å². The summed E-state index contributed by atoms with van der Waals surface area (Å²) in [6.07, 6.45) is 1.86. The average Bonchev–Trinajstić information content (AvgIpc) is 3.22. The summed E-state index contributed by atoms with van der Waals surface area (Å²) in [4.78, 5) is 40.9. The molecular formula is C33H34ClNO5. The lowest BCUT2D eigenvalue weighted by molar-refractivity contribution is -0.150. The Labute approximate surface area is 239 Å². The molecule has 0 atom stereocenters. The maximum Gasteiger partial charge on any atom is 0.311 e. The first-order valence-corrected chi connectivity index (χ1v) is 13.5. The Hall–Kier alpha value is -3.90. The van der Waals surface area contributed by atoms with Crippen LogP contribution in [0.4, 0.5) is 0 Å². The number of benzene rings is 2. The number of pyridine rings is 1. The van der Waals surface area contributed by atoms with Crippen molar-refractivity contribution in [3.8, 4) is 5.75 Å². The number of hydrogen-bond acceptors (Lipinski definition) is 5. The number of Topliss-reactive ketones (excluding diaryl/α,β-unsaturated/α-hetero) is 1. The van der Waals surface area contributed by atoms with E-state index in [2.05, 4.69) is 0 Å².